The van der Waals surface area contributed by atoms with E-state index in [9.17, 15) is 0 Å². The van der Waals surface area contributed by atoms with Gasteiger partial charge in [-0.25, -0.2) is 4.99 Å². The molecule has 0 N–H and O–H groups in total. The second kappa shape index (κ2) is 7.72. The number of benzene rings is 3. The van der Waals surface area contributed by atoms with Crippen LogP contribution in [0, 0.1) is 13.8 Å². The van der Waals surface area contributed by atoms with Crippen LogP contribution < -0.4 is 5.36 Å². The fourth-order valence-corrected chi connectivity index (χ4v) is 4.38. The van der Waals surface area contributed by atoms with Gasteiger partial charge >= 0.3 is 0 Å². The molecule has 0 radical (unpaired) electrons. The molecule has 3 heteroatoms. The first-order chi connectivity index (χ1) is 16.2. The number of nitrogens with zero attached hydrogens (tertiary/aromatic N) is 2. The van der Waals surface area contributed by atoms with E-state index in [0.717, 1.165) is 55.4 Å². The van der Waals surface area contributed by atoms with Crippen molar-refractivity contribution in [2.24, 2.45) is 4.99 Å². The van der Waals surface area contributed by atoms with Crippen molar-refractivity contribution in [1.29, 1.82) is 0 Å². The van der Waals surface area contributed by atoms with Gasteiger partial charge in [-0.05, 0) is 72.1 Å². The van der Waals surface area contributed by atoms with Crippen LogP contribution in [0.2, 0.25) is 0 Å². The molecule has 0 aliphatic rings. The largest absolute Gasteiger partial charge is 0.454 e. The highest BCUT2D eigenvalue weighted by molar-refractivity contribution is 6.06. The summed E-state index contributed by atoms with van der Waals surface area (Å²) in [6, 6.07) is 31.6. The van der Waals surface area contributed by atoms with Crippen LogP contribution in [0.5, 0.6) is 0 Å². The lowest BCUT2D eigenvalue weighted by atomic mass is 10.0. The Kier molecular flexibility index (Phi) is 4.55. The van der Waals surface area contributed by atoms with Crippen molar-refractivity contribution >= 4 is 38.4 Å². The molecule has 0 amide bonds. The average Bonchev–Trinajstić information content (AvgIpc) is 3.08. The van der Waals surface area contributed by atoms with Gasteiger partial charge in [0.15, 0.2) is 5.58 Å². The summed E-state index contributed by atoms with van der Waals surface area (Å²) in [6.45, 7) is 4.10. The number of para-hydroxylation sites is 1. The molecule has 3 nitrogen and oxygen atoms in total. The quantitative estimate of drug-likeness (QED) is 0.285. The third-order valence-corrected chi connectivity index (χ3v) is 6.15. The van der Waals surface area contributed by atoms with Gasteiger partial charge in [0.05, 0.1) is 17.2 Å². The lowest BCUT2D eigenvalue weighted by Gasteiger charge is -2.03. The second-order valence-electron chi connectivity index (χ2n) is 8.44. The highest BCUT2D eigenvalue weighted by Gasteiger charge is 2.11. The van der Waals surface area contributed by atoms with E-state index in [4.69, 9.17) is 9.41 Å². The molecule has 0 fully saturated rings. The van der Waals surface area contributed by atoms with Gasteiger partial charge in [-0.15, -0.1) is 0 Å². The van der Waals surface area contributed by atoms with Crippen molar-refractivity contribution in [3.63, 3.8) is 0 Å². The molecule has 6 rings (SSSR count). The fraction of sp³-hybridized carbons (Fsp3) is 0.0667. The number of hydrogen-bond donors (Lipinski definition) is 0. The average molecular weight is 427 g/mol. The molecule has 0 spiro atoms. The number of pyridine rings is 1. The summed E-state index contributed by atoms with van der Waals surface area (Å²) in [6.07, 6.45) is 1.80. The summed E-state index contributed by atoms with van der Waals surface area (Å²) < 4.78 is 6.04. The maximum absolute atomic E-state index is 6.04. The third-order valence-electron chi connectivity index (χ3n) is 6.15. The maximum Gasteiger partial charge on any atom is 0.153 e. The van der Waals surface area contributed by atoms with Gasteiger partial charge in [0.2, 0.25) is 0 Å². The van der Waals surface area contributed by atoms with Gasteiger partial charge in [-0.1, -0.05) is 54.6 Å². The molecule has 0 atom stereocenters. The first-order valence-electron chi connectivity index (χ1n) is 11.1. The van der Waals surface area contributed by atoms with Gasteiger partial charge in [-0.3, -0.25) is 4.98 Å². The molecule has 2 heterocycles. The van der Waals surface area contributed by atoms with Crippen molar-refractivity contribution in [2.75, 3.05) is 0 Å². The molecule has 6 aromatic rings. The normalized spacial score (nSPS) is 12.1. The Bertz CT molecular complexity index is 1740. The fourth-order valence-electron chi connectivity index (χ4n) is 4.38. The highest BCUT2D eigenvalue weighted by atomic mass is 16.3. The van der Waals surface area contributed by atoms with Crippen molar-refractivity contribution in [3.05, 3.63) is 114 Å². The molecule has 2 aromatic heterocycles. The van der Waals surface area contributed by atoms with Gasteiger partial charge in [0.1, 0.15) is 5.58 Å². The summed E-state index contributed by atoms with van der Waals surface area (Å²) in [5, 5.41) is 5.47. The standard InChI is InChI=1S/C30H22N2O/c1-19-7-3-6-10-27(19)32-28-13-11-21-8-4-5-9-22(21)16-24(28)23-12-14-29-26(17-23)25-15-20(2)31-18-30(25)33-29/h3-18H,1-2H3. The van der Waals surface area contributed by atoms with Crippen molar-refractivity contribution in [3.8, 4) is 11.1 Å². The SMILES string of the molecule is Cc1cc2c(cn1)oc1ccc(-c3cc4ccccc4ccc3=Nc3ccccc3C)cc12. The first-order valence-corrected chi connectivity index (χ1v) is 11.1. The van der Waals surface area contributed by atoms with Gasteiger partial charge in [0, 0.05) is 22.0 Å². The number of hydrogen-bond acceptors (Lipinski definition) is 3. The predicted molar refractivity (Wildman–Crippen MR) is 136 cm³/mol. The van der Waals surface area contributed by atoms with Crippen LogP contribution in [0.25, 0.3) is 43.8 Å². The first kappa shape index (κ1) is 19.4. The molecule has 0 saturated heterocycles. The summed E-state index contributed by atoms with van der Waals surface area (Å²) in [4.78, 5) is 9.48. The number of furan rings is 1. The van der Waals surface area contributed by atoms with E-state index in [0.29, 0.717) is 0 Å². The van der Waals surface area contributed by atoms with Gasteiger partial charge in [-0.2, -0.15) is 0 Å². The predicted octanol–water partition coefficient (Wildman–Crippen LogP) is 7.65. The number of aromatic nitrogens is 1. The monoisotopic (exact) mass is 426 g/mol. The van der Waals surface area contributed by atoms with Crippen LogP contribution in [-0.2, 0) is 0 Å². The summed E-state index contributed by atoms with van der Waals surface area (Å²) in [5.41, 5.74) is 6.97. The van der Waals surface area contributed by atoms with Gasteiger partial charge in [0.25, 0.3) is 0 Å². The van der Waals surface area contributed by atoms with E-state index >= 15 is 0 Å². The minimum absolute atomic E-state index is 0.807. The zero-order valence-corrected chi connectivity index (χ0v) is 18.5. The summed E-state index contributed by atoms with van der Waals surface area (Å²) in [5.74, 6) is 0. The highest BCUT2D eigenvalue weighted by Crippen LogP contribution is 2.32. The summed E-state index contributed by atoms with van der Waals surface area (Å²) in [7, 11) is 0. The summed E-state index contributed by atoms with van der Waals surface area (Å²) >= 11 is 0. The lowest BCUT2D eigenvalue weighted by molar-refractivity contribution is 0.666. The smallest absolute Gasteiger partial charge is 0.153 e. The number of aryl methyl sites for hydroxylation is 2. The number of fused-ring (bicyclic) bond motifs is 4. The lowest BCUT2D eigenvalue weighted by Crippen LogP contribution is -2.02. The van der Waals surface area contributed by atoms with Crippen LogP contribution in [0.4, 0.5) is 5.69 Å². The van der Waals surface area contributed by atoms with E-state index in [2.05, 4.69) is 84.7 Å². The van der Waals surface area contributed by atoms with Gasteiger partial charge < -0.3 is 4.42 Å². The maximum atomic E-state index is 6.04. The van der Waals surface area contributed by atoms with Crippen LogP contribution >= 0.6 is 0 Å². The number of rotatable bonds is 2. The Labute approximate surface area is 191 Å². The Hall–Kier alpha value is -4.24. The molecule has 0 aliphatic carbocycles. The van der Waals surface area contributed by atoms with E-state index in [1.165, 1.54) is 10.8 Å². The van der Waals surface area contributed by atoms with E-state index in [-0.39, 0.29) is 0 Å². The minimum Gasteiger partial charge on any atom is -0.454 e. The molecule has 0 saturated carbocycles. The Balaban J connectivity index is 1.69. The van der Waals surface area contributed by atoms with E-state index < -0.39 is 0 Å². The topological polar surface area (TPSA) is 38.4 Å². The van der Waals surface area contributed by atoms with Crippen LogP contribution in [0.1, 0.15) is 11.3 Å². The molecule has 0 aliphatic heterocycles. The van der Waals surface area contributed by atoms with Crippen LogP contribution in [-0.4, -0.2) is 4.98 Å². The molecular formula is C30H22N2O. The zero-order valence-electron chi connectivity index (χ0n) is 18.5. The van der Waals surface area contributed by atoms with Crippen molar-refractivity contribution in [2.45, 2.75) is 13.8 Å². The van der Waals surface area contributed by atoms with Crippen molar-refractivity contribution < 1.29 is 4.42 Å². The molecule has 33 heavy (non-hydrogen) atoms. The minimum atomic E-state index is 0.807. The second-order valence-corrected chi connectivity index (χ2v) is 8.44. The third kappa shape index (κ3) is 3.48. The van der Waals surface area contributed by atoms with Crippen molar-refractivity contribution in [1.82, 2.24) is 4.98 Å². The Morgan fingerprint density at radius 1 is 0.697 bits per heavy atom. The van der Waals surface area contributed by atoms with Crippen LogP contribution in [0.15, 0.2) is 107 Å². The van der Waals surface area contributed by atoms with Crippen LogP contribution in [0.3, 0.4) is 0 Å². The molecular weight excluding hydrogens is 404 g/mol. The van der Waals surface area contributed by atoms with E-state index in [1.807, 2.05) is 25.1 Å². The Morgan fingerprint density at radius 2 is 1.48 bits per heavy atom. The molecule has 0 unspecified atom stereocenters. The van der Waals surface area contributed by atoms with E-state index in [1.54, 1.807) is 6.20 Å². The Morgan fingerprint density at radius 3 is 2.36 bits per heavy atom. The zero-order chi connectivity index (χ0) is 22.4. The molecule has 0 bridgehead atoms. The molecule has 158 valence electrons. The molecule has 4 aromatic carbocycles.